The molecule has 1 saturated heterocycles. The third-order valence-corrected chi connectivity index (χ3v) is 4.65. The van der Waals surface area contributed by atoms with E-state index in [0.717, 1.165) is 19.4 Å². The second kappa shape index (κ2) is 7.60. The fraction of sp³-hybridized carbons (Fsp3) is 0.611. The summed E-state index contributed by atoms with van der Waals surface area (Å²) in [7, 11) is 0. The van der Waals surface area contributed by atoms with Crippen LogP contribution in [0.15, 0.2) is 24.3 Å². The van der Waals surface area contributed by atoms with Crippen molar-refractivity contribution >= 4 is 5.91 Å². The SMILES string of the molecule is CCc1ccc(C(C)NC(=O)C2CC(CC)CCN2)cc1. The van der Waals surface area contributed by atoms with Crippen molar-refractivity contribution in [1.82, 2.24) is 10.6 Å². The highest BCUT2D eigenvalue weighted by molar-refractivity contribution is 5.82. The van der Waals surface area contributed by atoms with Crippen molar-refractivity contribution in [2.24, 2.45) is 5.92 Å². The molecule has 1 aliphatic rings. The largest absolute Gasteiger partial charge is 0.348 e. The average Bonchev–Trinajstić information content (AvgIpc) is 2.54. The minimum absolute atomic E-state index is 0.0268. The Balaban J connectivity index is 1.91. The molecule has 2 rings (SSSR count). The highest BCUT2D eigenvalue weighted by Crippen LogP contribution is 2.20. The Labute approximate surface area is 128 Å². The van der Waals surface area contributed by atoms with E-state index < -0.39 is 0 Å². The van der Waals surface area contributed by atoms with E-state index in [1.54, 1.807) is 0 Å². The van der Waals surface area contributed by atoms with E-state index in [0.29, 0.717) is 5.92 Å². The van der Waals surface area contributed by atoms with Crippen molar-refractivity contribution in [2.75, 3.05) is 6.54 Å². The normalized spacial score (nSPS) is 23.6. The lowest BCUT2D eigenvalue weighted by Crippen LogP contribution is -2.49. The van der Waals surface area contributed by atoms with Crippen LogP contribution < -0.4 is 10.6 Å². The van der Waals surface area contributed by atoms with Crippen LogP contribution in [0.2, 0.25) is 0 Å². The number of nitrogens with one attached hydrogen (secondary N) is 2. The van der Waals surface area contributed by atoms with Crippen LogP contribution in [0.1, 0.15) is 57.2 Å². The van der Waals surface area contributed by atoms with Crippen LogP contribution >= 0.6 is 0 Å². The summed E-state index contributed by atoms with van der Waals surface area (Å²) in [5.41, 5.74) is 2.50. The minimum Gasteiger partial charge on any atom is -0.348 e. The van der Waals surface area contributed by atoms with Gasteiger partial charge in [0.05, 0.1) is 12.1 Å². The van der Waals surface area contributed by atoms with Gasteiger partial charge in [0.2, 0.25) is 5.91 Å². The number of hydrogen-bond donors (Lipinski definition) is 2. The summed E-state index contributed by atoms with van der Waals surface area (Å²) in [6, 6.07) is 8.56. The molecule has 0 spiro atoms. The van der Waals surface area contributed by atoms with E-state index in [2.05, 4.69) is 55.7 Å². The monoisotopic (exact) mass is 288 g/mol. The molecule has 2 N–H and O–H groups in total. The summed E-state index contributed by atoms with van der Waals surface area (Å²) in [6.45, 7) is 7.37. The van der Waals surface area contributed by atoms with Gasteiger partial charge >= 0.3 is 0 Å². The summed E-state index contributed by atoms with van der Waals surface area (Å²) in [6.07, 6.45) is 4.36. The second-order valence-corrected chi connectivity index (χ2v) is 6.13. The lowest BCUT2D eigenvalue weighted by molar-refractivity contribution is -0.124. The summed E-state index contributed by atoms with van der Waals surface area (Å²) >= 11 is 0. The molecule has 116 valence electrons. The first-order valence-corrected chi connectivity index (χ1v) is 8.26. The van der Waals surface area contributed by atoms with Crippen LogP contribution in [-0.2, 0) is 11.2 Å². The molecule has 3 heteroatoms. The number of rotatable bonds is 5. The van der Waals surface area contributed by atoms with Crippen LogP contribution in [0.3, 0.4) is 0 Å². The number of carbonyl (C=O) groups is 1. The molecule has 1 aromatic rings. The number of piperidine rings is 1. The Morgan fingerprint density at radius 3 is 2.67 bits per heavy atom. The summed E-state index contributed by atoms with van der Waals surface area (Å²) in [4.78, 5) is 12.4. The van der Waals surface area contributed by atoms with E-state index in [4.69, 9.17) is 0 Å². The van der Waals surface area contributed by atoms with Gasteiger partial charge in [-0.25, -0.2) is 0 Å². The zero-order valence-electron chi connectivity index (χ0n) is 13.5. The predicted octanol–water partition coefficient (Wildman–Crippen LogP) is 3.20. The molecule has 0 aromatic heterocycles. The van der Waals surface area contributed by atoms with E-state index in [-0.39, 0.29) is 18.0 Å². The summed E-state index contributed by atoms with van der Waals surface area (Å²) in [5, 5.41) is 6.49. The van der Waals surface area contributed by atoms with Gasteiger partial charge in [-0.15, -0.1) is 0 Å². The molecule has 3 nitrogen and oxygen atoms in total. The Kier molecular flexibility index (Phi) is 5.80. The van der Waals surface area contributed by atoms with Crippen molar-refractivity contribution in [3.63, 3.8) is 0 Å². The van der Waals surface area contributed by atoms with Crippen LogP contribution in [-0.4, -0.2) is 18.5 Å². The fourth-order valence-corrected chi connectivity index (χ4v) is 3.01. The van der Waals surface area contributed by atoms with Gasteiger partial charge in [-0.05, 0) is 49.8 Å². The molecule has 1 fully saturated rings. The maximum absolute atomic E-state index is 12.4. The van der Waals surface area contributed by atoms with Crippen molar-refractivity contribution in [3.8, 4) is 0 Å². The van der Waals surface area contributed by atoms with Crippen LogP contribution in [0, 0.1) is 5.92 Å². The molecule has 0 bridgehead atoms. The maximum atomic E-state index is 12.4. The smallest absolute Gasteiger partial charge is 0.237 e. The molecule has 1 aromatic carbocycles. The van der Waals surface area contributed by atoms with Crippen molar-refractivity contribution in [1.29, 1.82) is 0 Å². The lowest BCUT2D eigenvalue weighted by Gasteiger charge is -2.30. The molecule has 1 heterocycles. The first-order valence-electron chi connectivity index (χ1n) is 8.26. The van der Waals surface area contributed by atoms with Crippen LogP contribution in [0.4, 0.5) is 0 Å². The van der Waals surface area contributed by atoms with E-state index >= 15 is 0 Å². The number of amides is 1. The lowest BCUT2D eigenvalue weighted by atomic mass is 9.90. The second-order valence-electron chi connectivity index (χ2n) is 6.13. The molecule has 1 amide bonds. The van der Waals surface area contributed by atoms with Gasteiger partial charge in [0.25, 0.3) is 0 Å². The fourth-order valence-electron chi connectivity index (χ4n) is 3.01. The Hall–Kier alpha value is -1.35. The van der Waals surface area contributed by atoms with Crippen LogP contribution in [0.5, 0.6) is 0 Å². The molecule has 0 saturated carbocycles. The van der Waals surface area contributed by atoms with Crippen molar-refractivity contribution in [2.45, 2.75) is 58.5 Å². The van der Waals surface area contributed by atoms with Crippen molar-refractivity contribution < 1.29 is 4.79 Å². The Morgan fingerprint density at radius 1 is 1.33 bits per heavy atom. The van der Waals surface area contributed by atoms with E-state index in [9.17, 15) is 4.79 Å². The molecular weight excluding hydrogens is 260 g/mol. The topological polar surface area (TPSA) is 41.1 Å². The van der Waals surface area contributed by atoms with Gasteiger partial charge in [-0.2, -0.15) is 0 Å². The highest BCUT2D eigenvalue weighted by Gasteiger charge is 2.26. The van der Waals surface area contributed by atoms with Crippen LogP contribution in [0.25, 0.3) is 0 Å². The quantitative estimate of drug-likeness (QED) is 0.873. The molecule has 0 radical (unpaired) electrons. The van der Waals surface area contributed by atoms with E-state index in [1.807, 2.05) is 0 Å². The third kappa shape index (κ3) is 4.31. The molecule has 0 aliphatic carbocycles. The standard InChI is InChI=1S/C18H28N2O/c1-4-14-6-8-16(9-7-14)13(3)20-18(21)17-12-15(5-2)10-11-19-17/h6-9,13,15,17,19H,4-5,10-12H2,1-3H3,(H,20,21). The Bertz CT molecular complexity index is 455. The first-order chi connectivity index (χ1) is 10.1. The van der Waals surface area contributed by atoms with Gasteiger partial charge in [-0.3, -0.25) is 4.79 Å². The number of hydrogen-bond acceptors (Lipinski definition) is 2. The molecule has 3 unspecified atom stereocenters. The highest BCUT2D eigenvalue weighted by atomic mass is 16.2. The minimum atomic E-state index is -0.0268. The molecule has 21 heavy (non-hydrogen) atoms. The molecular formula is C18H28N2O. The van der Waals surface area contributed by atoms with Gasteiger partial charge in [0.1, 0.15) is 0 Å². The zero-order chi connectivity index (χ0) is 15.2. The summed E-state index contributed by atoms with van der Waals surface area (Å²) < 4.78 is 0. The first kappa shape index (κ1) is 16.0. The summed E-state index contributed by atoms with van der Waals surface area (Å²) in [5.74, 6) is 0.821. The van der Waals surface area contributed by atoms with Gasteiger partial charge < -0.3 is 10.6 Å². The van der Waals surface area contributed by atoms with Gasteiger partial charge in [0, 0.05) is 0 Å². The molecule has 3 atom stereocenters. The average molecular weight is 288 g/mol. The maximum Gasteiger partial charge on any atom is 0.237 e. The number of carbonyl (C=O) groups excluding carboxylic acids is 1. The Morgan fingerprint density at radius 2 is 2.05 bits per heavy atom. The van der Waals surface area contributed by atoms with Gasteiger partial charge in [0.15, 0.2) is 0 Å². The molecule has 1 aliphatic heterocycles. The third-order valence-electron chi connectivity index (χ3n) is 4.65. The van der Waals surface area contributed by atoms with E-state index in [1.165, 1.54) is 24.0 Å². The number of aryl methyl sites for hydroxylation is 1. The number of benzene rings is 1. The predicted molar refractivity (Wildman–Crippen MR) is 87.2 cm³/mol. The van der Waals surface area contributed by atoms with Crippen molar-refractivity contribution in [3.05, 3.63) is 35.4 Å². The van der Waals surface area contributed by atoms with Gasteiger partial charge in [-0.1, -0.05) is 44.5 Å². The zero-order valence-corrected chi connectivity index (χ0v) is 13.5.